The van der Waals surface area contributed by atoms with E-state index >= 15 is 0 Å². The van der Waals surface area contributed by atoms with Gasteiger partial charge in [-0.25, -0.2) is 18.4 Å². The van der Waals surface area contributed by atoms with Gasteiger partial charge in [-0.3, -0.25) is 9.52 Å². The van der Waals surface area contributed by atoms with E-state index in [1.165, 1.54) is 21.1 Å². The van der Waals surface area contributed by atoms with Gasteiger partial charge in [-0.05, 0) is 18.6 Å². The number of aliphatic carboxylic acids is 1. The number of carboxylic acid groups (broad SMARTS) is 1. The molecule has 0 aliphatic rings. The average Bonchev–Trinajstić information content (AvgIpc) is 2.77. The van der Waals surface area contributed by atoms with E-state index in [9.17, 15) is 13.2 Å². The van der Waals surface area contributed by atoms with Gasteiger partial charge in [0.15, 0.2) is 11.6 Å². The van der Waals surface area contributed by atoms with E-state index in [0.29, 0.717) is 28.2 Å². The third-order valence-corrected chi connectivity index (χ3v) is 5.96. The first-order chi connectivity index (χ1) is 15.2. The number of hydrogen-bond donors (Lipinski definition) is 3. The first-order valence-corrected chi connectivity index (χ1v) is 11.4. The maximum Gasteiger partial charge on any atom is 0.306 e. The predicted octanol–water partition coefficient (Wildman–Crippen LogP) is 3.24. The second-order valence-electron chi connectivity index (χ2n) is 7.08. The minimum atomic E-state index is -3.88. The molecule has 3 rings (SSSR count). The minimum absolute atomic E-state index is 0.00605. The molecule has 11 heteroatoms. The van der Waals surface area contributed by atoms with Gasteiger partial charge < -0.3 is 19.9 Å². The van der Waals surface area contributed by atoms with Crippen LogP contribution in [-0.2, 0) is 14.8 Å². The molecule has 0 spiro atoms. The SMILES string of the molecule is COc1cc(Nc2nc3ccccc3nc2NS(=O)(=O)CCC(C)C(=O)O)cc(OC)c1. The van der Waals surface area contributed by atoms with Crippen LogP contribution >= 0.6 is 0 Å². The molecule has 3 N–H and O–H groups in total. The summed E-state index contributed by atoms with van der Waals surface area (Å²) in [4.78, 5) is 19.9. The Morgan fingerprint density at radius 3 is 2.12 bits per heavy atom. The molecule has 2 aromatic carbocycles. The molecule has 1 atom stereocenters. The number of aromatic nitrogens is 2. The van der Waals surface area contributed by atoms with Gasteiger partial charge in [-0.15, -0.1) is 0 Å². The number of para-hydroxylation sites is 2. The molecule has 1 unspecified atom stereocenters. The third-order valence-electron chi connectivity index (χ3n) is 4.68. The fourth-order valence-corrected chi connectivity index (χ4v) is 4.03. The van der Waals surface area contributed by atoms with Crippen LogP contribution in [0.25, 0.3) is 11.0 Å². The van der Waals surface area contributed by atoms with E-state index in [2.05, 4.69) is 20.0 Å². The van der Waals surface area contributed by atoms with Crippen molar-refractivity contribution in [3.63, 3.8) is 0 Å². The van der Waals surface area contributed by atoms with Crippen molar-refractivity contribution < 1.29 is 27.8 Å². The Labute approximate surface area is 185 Å². The Balaban J connectivity index is 1.97. The number of nitrogens with zero attached hydrogens (tertiary/aromatic N) is 2. The number of carbonyl (C=O) groups is 1. The van der Waals surface area contributed by atoms with Crippen molar-refractivity contribution in [3.05, 3.63) is 42.5 Å². The second kappa shape index (κ2) is 9.69. The smallest absolute Gasteiger partial charge is 0.306 e. The lowest BCUT2D eigenvalue weighted by molar-refractivity contribution is -0.141. The average molecular weight is 461 g/mol. The number of sulfonamides is 1. The summed E-state index contributed by atoms with van der Waals surface area (Å²) in [6, 6.07) is 12.1. The minimum Gasteiger partial charge on any atom is -0.497 e. The molecule has 1 aromatic heterocycles. The number of rotatable bonds is 10. The van der Waals surface area contributed by atoms with Crippen molar-refractivity contribution in [2.75, 3.05) is 30.0 Å². The topological polar surface area (TPSA) is 140 Å². The Bertz CT molecular complexity index is 1210. The summed E-state index contributed by atoms with van der Waals surface area (Å²) in [5.41, 5.74) is 1.61. The molecule has 0 radical (unpaired) electrons. The summed E-state index contributed by atoms with van der Waals surface area (Å²) in [6.45, 7) is 1.46. The quantitative estimate of drug-likeness (QED) is 0.416. The lowest BCUT2D eigenvalue weighted by Gasteiger charge is -2.15. The number of methoxy groups -OCH3 is 2. The fraction of sp³-hybridized carbons (Fsp3) is 0.286. The lowest BCUT2D eigenvalue weighted by atomic mass is 10.1. The summed E-state index contributed by atoms with van der Waals surface area (Å²) in [7, 11) is -0.838. The molecule has 10 nitrogen and oxygen atoms in total. The first kappa shape index (κ1) is 23.1. The summed E-state index contributed by atoms with van der Waals surface area (Å²) in [6.07, 6.45) is -0.0402. The Hall–Kier alpha value is -3.60. The normalized spacial score (nSPS) is 12.2. The van der Waals surface area contributed by atoms with Gasteiger partial charge in [0.05, 0.1) is 36.9 Å². The van der Waals surface area contributed by atoms with Crippen LogP contribution < -0.4 is 19.5 Å². The van der Waals surface area contributed by atoms with Crippen molar-refractivity contribution in [2.24, 2.45) is 5.92 Å². The molecular formula is C21H24N4O6S. The number of benzene rings is 2. The number of anilines is 3. The highest BCUT2D eigenvalue weighted by atomic mass is 32.2. The predicted molar refractivity (Wildman–Crippen MR) is 121 cm³/mol. The maximum atomic E-state index is 12.6. The summed E-state index contributed by atoms with van der Waals surface area (Å²) >= 11 is 0. The van der Waals surface area contributed by atoms with E-state index in [4.69, 9.17) is 14.6 Å². The second-order valence-corrected chi connectivity index (χ2v) is 8.93. The van der Waals surface area contributed by atoms with Crippen molar-refractivity contribution in [3.8, 4) is 11.5 Å². The van der Waals surface area contributed by atoms with Crippen LogP contribution in [-0.4, -0.2) is 49.4 Å². The van der Waals surface area contributed by atoms with Crippen LogP contribution in [0.5, 0.6) is 11.5 Å². The van der Waals surface area contributed by atoms with Crippen LogP contribution in [0.2, 0.25) is 0 Å². The summed E-state index contributed by atoms with van der Waals surface area (Å²) in [5.74, 6) is -0.990. The fourth-order valence-electron chi connectivity index (χ4n) is 2.83. The highest BCUT2D eigenvalue weighted by Crippen LogP contribution is 2.31. The molecule has 32 heavy (non-hydrogen) atoms. The lowest BCUT2D eigenvalue weighted by Crippen LogP contribution is -2.22. The number of carboxylic acids is 1. The van der Waals surface area contributed by atoms with Gasteiger partial charge in [0.2, 0.25) is 10.0 Å². The van der Waals surface area contributed by atoms with Crippen molar-refractivity contribution in [1.29, 1.82) is 0 Å². The standard InChI is InChI=1S/C21H24N4O6S/c1-13(21(26)27)8-9-32(28,29)25-20-19(23-17-6-4-5-7-18(17)24-20)22-14-10-15(30-2)12-16(11-14)31-3/h4-7,10-13H,8-9H2,1-3H3,(H,22,23)(H,24,25)(H,26,27). The van der Waals surface area contributed by atoms with E-state index in [1.54, 1.807) is 42.5 Å². The highest BCUT2D eigenvalue weighted by Gasteiger charge is 2.20. The largest absolute Gasteiger partial charge is 0.497 e. The van der Waals surface area contributed by atoms with Gasteiger partial charge in [0, 0.05) is 23.9 Å². The van der Waals surface area contributed by atoms with E-state index in [0.717, 1.165) is 0 Å². The Morgan fingerprint density at radius 2 is 1.59 bits per heavy atom. The van der Waals surface area contributed by atoms with Crippen molar-refractivity contribution in [2.45, 2.75) is 13.3 Å². The van der Waals surface area contributed by atoms with Gasteiger partial charge in [-0.1, -0.05) is 19.1 Å². The van der Waals surface area contributed by atoms with E-state index in [1.807, 2.05) is 0 Å². The number of fused-ring (bicyclic) bond motifs is 1. The maximum absolute atomic E-state index is 12.6. The van der Waals surface area contributed by atoms with Gasteiger partial charge in [-0.2, -0.15) is 0 Å². The van der Waals surface area contributed by atoms with Crippen LogP contribution in [0.3, 0.4) is 0 Å². The number of ether oxygens (including phenoxy) is 2. The van der Waals surface area contributed by atoms with Crippen LogP contribution in [0.4, 0.5) is 17.3 Å². The van der Waals surface area contributed by atoms with Crippen molar-refractivity contribution in [1.82, 2.24) is 9.97 Å². The zero-order chi connectivity index (χ0) is 23.3. The monoisotopic (exact) mass is 460 g/mol. The molecule has 170 valence electrons. The van der Waals surface area contributed by atoms with Gasteiger partial charge in [0.25, 0.3) is 0 Å². The van der Waals surface area contributed by atoms with Crippen LogP contribution in [0, 0.1) is 5.92 Å². The highest BCUT2D eigenvalue weighted by molar-refractivity contribution is 7.92. The molecule has 3 aromatic rings. The van der Waals surface area contributed by atoms with Crippen LogP contribution in [0.1, 0.15) is 13.3 Å². The molecule has 0 amide bonds. The molecule has 0 fully saturated rings. The summed E-state index contributed by atoms with van der Waals surface area (Å²) < 4.78 is 38.2. The molecule has 0 aliphatic carbocycles. The number of nitrogens with one attached hydrogen (secondary N) is 2. The van der Waals surface area contributed by atoms with E-state index in [-0.39, 0.29) is 23.8 Å². The zero-order valence-corrected chi connectivity index (χ0v) is 18.6. The Kier molecular flexibility index (Phi) is 6.98. The van der Waals surface area contributed by atoms with E-state index < -0.39 is 21.9 Å². The zero-order valence-electron chi connectivity index (χ0n) is 17.8. The van der Waals surface area contributed by atoms with Gasteiger partial charge in [0.1, 0.15) is 11.5 Å². The Morgan fingerprint density at radius 1 is 1.03 bits per heavy atom. The third kappa shape index (κ3) is 5.76. The first-order valence-electron chi connectivity index (χ1n) is 9.71. The van der Waals surface area contributed by atoms with Crippen LogP contribution in [0.15, 0.2) is 42.5 Å². The number of hydrogen-bond acceptors (Lipinski definition) is 8. The molecule has 0 saturated carbocycles. The summed E-state index contributed by atoms with van der Waals surface area (Å²) in [5, 5.41) is 12.1. The molecular weight excluding hydrogens is 436 g/mol. The van der Waals surface area contributed by atoms with Gasteiger partial charge >= 0.3 is 5.97 Å². The molecule has 0 bridgehead atoms. The molecule has 0 saturated heterocycles. The molecule has 1 heterocycles. The molecule has 0 aliphatic heterocycles. The van der Waals surface area contributed by atoms with Crippen molar-refractivity contribution >= 4 is 44.3 Å².